The van der Waals surface area contributed by atoms with Crippen LogP contribution in [0.2, 0.25) is 0 Å². The Morgan fingerprint density at radius 3 is 2.35 bits per heavy atom. The van der Waals surface area contributed by atoms with Crippen molar-refractivity contribution in [3.8, 4) is 5.75 Å². The maximum absolute atomic E-state index is 11.6. The number of esters is 1. The molecule has 0 saturated carbocycles. The second-order valence-corrected chi connectivity index (χ2v) is 4.49. The number of hydrogen-bond donors (Lipinski definition) is 0. The van der Waals surface area contributed by atoms with Gasteiger partial charge >= 0.3 is 5.97 Å². The van der Waals surface area contributed by atoms with Crippen LogP contribution < -0.4 is 4.74 Å². The summed E-state index contributed by atoms with van der Waals surface area (Å²) in [6.45, 7) is 7.61. The van der Waals surface area contributed by atoms with E-state index < -0.39 is 0 Å². The molecule has 17 heavy (non-hydrogen) atoms. The zero-order chi connectivity index (χ0) is 12.8. The summed E-state index contributed by atoms with van der Waals surface area (Å²) in [6, 6.07) is 7.55. The summed E-state index contributed by atoms with van der Waals surface area (Å²) in [4.78, 5) is 11.6. The number of para-hydroxylation sites is 1. The van der Waals surface area contributed by atoms with Crippen LogP contribution in [-0.2, 0) is 16.0 Å². The molecule has 0 unspecified atom stereocenters. The van der Waals surface area contributed by atoms with Crippen LogP contribution in [-0.4, -0.2) is 18.2 Å². The Balaban J connectivity index is 2.72. The summed E-state index contributed by atoms with van der Waals surface area (Å²) in [5, 5.41) is 0. The van der Waals surface area contributed by atoms with E-state index in [0.717, 1.165) is 11.3 Å². The van der Waals surface area contributed by atoms with Gasteiger partial charge in [0.25, 0.3) is 0 Å². The van der Waals surface area contributed by atoms with E-state index >= 15 is 0 Å². The minimum Gasteiger partial charge on any atom is -0.491 e. The topological polar surface area (TPSA) is 35.5 Å². The molecule has 0 radical (unpaired) electrons. The molecule has 0 N–H and O–H groups in total. The van der Waals surface area contributed by atoms with Gasteiger partial charge in [0, 0.05) is 5.56 Å². The summed E-state index contributed by atoms with van der Waals surface area (Å²) in [6.07, 6.45) is 0.263. The third kappa shape index (κ3) is 4.89. The van der Waals surface area contributed by atoms with E-state index in [9.17, 15) is 4.79 Å². The number of ether oxygens (including phenoxy) is 2. The van der Waals surface area contributed by atoms with Crippen molar-refractivity contribution in [2.24, 2.45) is 0 Å². The van der Waals surface area contributed by atoms with Crippen molar-refractivity contribution in [2.45, 2.75) is 46.3 Å². The predicted molar refractivity (Wildman–Crippen MR) is 67.1 cm³/mol. The number of benzene rings is 1. The van der Waals surface area contributed by atoms with Crippen LogP contribution in [0.4, 0.5) is 0 Å². The van der Waals surface area contributed by atoms with Crippen LogP contribution in [0.5, 0.6) is 5.75 Å². The van der Waals surface area contributed by atoms with Gasteiger partial charge in [-0.25, -0.2) is 0 Å². The fourth-order valence-electron chi connectivity index (χ4n) is 1.48. The van der Waals surface area contributed by atoms with Gasteiger partial charge in [0.1, 0.15) is 5.75 Å². The Labute approximate surface area is 103 Å². The third-order valence-corrected chi connectivity index (χ3v) is 2.04. The lowest BCUT2D eigenvalue weighted by Gasteiger charge is -2.14. The predicted octanol–water partition coefficient (Wildman–Crippen LogP) is 2.97. The van der Waals surface area contributed by atoms with Crippen molar-refractivity contribution in [1.82, 2.24) is 0 Å². The van der Waals surface area contributed by atoms with Gasteiger partial charge in [-0.1, -0.05) is 18.2 Å². The first-order chi connectivity index (χ1) is 7.99. The fourth-order valence-corrected chi connectivity index (χ4v) is 1.48. The fraction of sp³-hybridized carbons (Fsp3) is 0.500. The van der Waals surface area contributed by atoms with E-state index in [1.165, 1.54) is 0 Å². The molecule has 1 aromatic carbocycles. The molecular weight excluding hydrogens is 216 g/mol. The monoisotopic (exact) mass is 236 g/mol. The second-order valence-electron chi connectivity index (χ2n) is 4.49. The number of carbonyl (C=O) groups excluding carboxylic acids is 1. The minimum atomic E-state index is -0.222. The van der Waals surface area contributed by atoms with Gasteiger partial charge in [0.05, 0.1) is 18.6 Å². The lowest BCUT2D eigenvalue weighted by Crippen LogP contribution is -2.15. The molecule has 1 rings (SSSR count). The van der Waals surface area contributed by atoms with Crippen LogP contribution in [0.15, 0.2) is 24.3 Å². The van der Waals surface area contributed by atoms with Crippen LogP contribution in [0.3, 0.4) is 0 Å². The van der Waals surface area contributed by atoms with Crippen LogP contribution in [0.25, 0.3) is 0 Å². The van der Waals surface area contributed by atoms with Gasteiger partial charge in [0.2, 0.25) is 0 Å². The van der Waals surface area contributed by atoms with E-state index in [2.05, 4.69) is 0 Å². The largest absolute Gasteiger partial charge is 0.491 e. The summed E-state index contributed by atoms with van der Waals surface area (Å²) in [7, 11) is 0. The maximum Gasteiger partial charge on any atom is 0.310 e. The highest BCUT2D eigenvalue weighted by atomic mass is 16.5. The molecule has 0 heterocycles. The average molecular weight is 236 g/mol. The summed E-state index contributed by atoms with van der Waals surface area (Å²) < 4.78 is 10.8. The molecule has 0 aliphatic carbocycles. The number of carbonyl (C=O) groups is 1. The standard InChI is InChI=1S/C14H20O3/c1-10(2)16-13-8-6-5-7-12(13)9-14(15)17-11(3)4/h5-8,10-11H,9H2,1-4H3. The van der Waals surface area contributed by atoms with Gasteiger partial charge < -0.3 is 9.47 Å². The molecule has 0 fully saturated rings. The van der Waals surface area contributed by atoms with Crippen LogP contribution in [0.1, 0.15) is 33.3 Å². The average Bonchev–Trinajstić information content (AvgIpc) is 2.18. The normalized spacial score (nSPS) is 10.7. The summed E-state index contributed by atoms with van der Waals surface area (Å²) >= 11 is 0. The van der Waals surface area contributed by atoms with E-state index in [1.807, 2.05) is 52.0 Å². The molecule has 1 aromatic rings. The van der Waals surface area contributed by atoms with Gasteiger partial charge in [0.15, 0.2) is 0 Å². The zero-order valence-corrected chi connectivity index (χ0v) is 10.9. The maximum atomic E-state index is 11.6. The molecule has 0 aromatic heterocycles. The molecule has 0 amide bonds. The van der Waals surface area contributed by atoms with Crippen molar-refractivity contribution in [2.75, 3.05) is 0 Å². The molecule has 0 aliphatic heterocycles. The van der Waals surface area contributed by atoms with Gasteiger partial charge in [-0.05, 0) is 33.8 Å². The van der Waals surface area contributed by atoms with E-state index in [1.54, 1.807) is 0 Å². The molecule has 0 bridgehead atoms. The Morgan fingerprint density at radius 2 is 1.76 bits per heavy atom. The van der Waals surface area contributed by atoms with E-state index in [0.29, 0.717) is 0 Å². The van der Waals surface area contributed by atoms with Crippen molar-refractivity contribution in [3.63, 3.8) is 0 Å². The highest BCUT2D eigenvalue weighted by Gasteiger charge is 2.11. The minimum absolute atomic E-state index is 0.0827. The first-order valence-corrected chi connectivity index (χ1v) is 5.93. The van der Waals surface area contributed by atoms with E-state index in [-0.39, 0.29) is 24.6 Å². The molecule has 94 valence electrons. The smallest absolute Gasteiger partial charge is 0.310 e. The first-order valence-electron chi connectivity index (χ1n) is 5.93. The van der Waals surface area contributed by atoms with Crippen molar-refractivity contribution in [1.29, 1.82) is 0 Å². The molecule has 0 atom stereocenters. The molecular formula is C14H20O3. The van der Waals surface area contributed by atoms with Crippen molar-refractivity contribution < 1.29 is 14.3 Å². The Kier molecular flexibility index (Phi) is 5.01. The molecule has 0 spiro atoms. The lowest BCUT2D eigenvalue weighted by molar-refractivity contribution is -0.146. The SMILES string of the molecule is CC(C)OC(=O)Cc1ccccc1OC(C)C. The van der Waals surface area contributed by atoms with Crippen molar-refractivity contribution in [3.05, 3.63) is 29.8 Å². The zero-order valence-electron chi connectivity index (χ0n) is 10.9. The van der Waals surface area contributed by atoms with Gasteiger partial charge in [-0.15, -0.1) is 0 Å². The molecule has 0 saturated heterocycles. The molecule has 3 heteroatoms. The van der Waals surface area contributed by atoms with Gasteiger partial charge in [-0.2, -0.15) is 0 Å². The third-order valence-electron chi connectivity index (χ3n) is 2.04. The second kappa shape index (κ2) is 6.28. The summed E-state index contributed by atoms with van der Waals surface area (Å²) in [5.41, 5.74) is 0.867. The number of rotatable bonds is 5. The Bertz CT molecular complexity index is 369. The highest BCUT2D eigenvalue weighted by molar-refractivity contribution is 5.73. The van der Waals surface area contributed by atoms with Crippen molar-refractivity contribution >= 4 is 5.97 Å². The van der Waals surface area contributed by atoms with Crippen LogP contribution in [0, 0.1) is 0 Å². The molecule has 0 aliphatic rings. The first kappa shape index (κ1) is 13.6. The quantitative estimate of drug-likeness (QED) is 0.737. The number of hydrogen-bond acceptors (Lipinski definition) is 3. The van der Waals surface area contributed by atoms with Crippen LogP contribution >= 0.6 is 0 Å². The van der Waals surface area contributed by atoms with Gasteiger partial charge in [-0.3, -0.25) is 4.79 Å². The lowest BCUT2D eigenvalue weighted by atomic mass is 10.1. The Hall–Kier alpha value is -1.51. The highest BCUT2D eigenvalue weighted by Crippen LogP contribution is 2.20. The van der Waals surface area contributed by atoms with E-state index in [4.69, 9.17) is 9.47 Å². The molecule has 3 nitrogen and oxygen atoms in total. The Morgan fingerprint density at radius 1 is 1.12 bits per heavy atom. The summed E-state index contributed by atoms with van der Waals surface area (Å²) in [5.74, 6) is 0.531.